The van der Waals surface area contributed by atoms with E-state index >= 15 is 0 Å². The van der Waals surface area contributed by atoms with Gasteiger partial charge < -0.3 is 4.90 Å². The number of benzene rings is 1. The van der Waals surface area contributed by atoms with Crippen LogP contribution in [0.25, 0.3) is 0 Å². The molecule has 1 aromatic heterocycles. The maximum atomic E-state index is 4.39. The second kappa shape index (κ2) is 5.72. The number of hydrogen-bond acceptors (Lipinski definition) is 4. The van der Waals surface area contributed by atoms with Crippen molar-refractivity contribution >= 4 is 16.5 Å². The van der Waals surface area contributed by atoms with Crippen molar-refractivity contribution in [3.8, 4) is 0 Å². The van der Waals surface area contributed by atoms with Crippen molar-refractivity contribution in [1.29, 1.82) is 0 Å². The van der Waals surface area contributed by atoms with Gasteiger partial charge in [0.1, 0.15) is 0 Å². The Kier molecular flexibility index (Phi) is 3.80. The maximum Gasteiger partial charge on any atom is 0.185 e. The molecule has 1 fully saturated rings. The molecule has 0 unspecified atom stereocenters. The Hall–Kier alpha value is -1.39. The Balaban J connectivity index is 1.61. The van der Waals surface area contributed by atoms with Crippen molar-refractivity contribution in [2.75, 3.05) is 31.1 Å². The zero-order chi connectivity index (χ0) is 13.1. The number of aromatic nitrogens is 1. The van der Waals surface area contributed by atoms with E-state index in [0.717, 1.165) is 31.3 Å². The van der Waals surface area contributed by atoms with Gasteiger partial charge in [0.15, 0.2) is 5.13 Å². The van der Waals surface area contributed by atoms with Crippen LogP contribution in [0.2, 0.25) is 0 Å². The van der Waals surface area contributed by atoms with Gasteiger partial charge in [0.25, 0.3) is 0 Å². The van der Waals surface area contributed by atoms with Crippen molar-refractivity contribution in [3.63, 3.8) is 0 Å². The quantitative estimate of drug-likeness (QED) is 0.857. The van der Waals surface area contributed by atoms with E-state index in [9.17, 15) is 0 Å². The number of piperazine rings is 1. The molecule has 0 N–H and O–H groups in total. The van der Waals surface area contributed by atoms with E-state index in [1.54, 1.807) is 11.3 Å². The third kappa shape index (κ3) is 2.80. The summed E-state index contributed by atoms with van der Waals surface area (Å²) in [6.07, 6.45) is 1.89. The second-order valence-corrected chi connectivity index (χ2v) is 5.80. The van der Waals surface area contributed by atoms with Crippen LogP contribution in [-0.2, 0) is 0 Å². The van der Waals surface area contributed by atoms with Gasteiger partial charge in [-0.25, -0.2) is 4.98 Å². The lowest BCUT2D eigenvalue weighted by Crippen LogP contribution is -2.47. The molecule has 2 heterocycles. The van der Waals surface area contributed by atoms with Crippen molar-refractivity contribution in [2.45, 2.75) is 13.0 Å². The molecule has 1 atom stereocenters. The first-order valence-corrected chi connectivity index (χ1v) is 7.66. The molecule has 4 heteroatoms. The van der Waals surface area contributed by atoms with Gasteiger partial charge >= 0.3 is 0 Å². The number of thiazole rings is 1. The molecule has 1 aromatic carbocycles. The van der Waals surface area contributed by atoms with E-state index in [4.69, 9.17) is 0 Å². The monoisotopic (exact) mass is 273 g/mol. The molecule has 0 spiro atoms. The van der Waals surface area contributed by atoms with Crippen molar-refractivity contribution < 1.29 is 0 Å². The van der Waals surface area contributed by atoms with E-state index in [1.807, 2.05) is 11.6 Å². The standard InChI is InChI=1S/C15H19N3S/c1-13(14-5-3-2-4-6-14)17-8-10-18(11-9-17)15-16-7-12-19-15/h2-7,12-13H,8-11H2,1H3/t13-/m1/s1. The Morgan fingerprint density at radius 2 is 1.84 bits per heavy atom. The average molecular weight is 273 g/mol. The highest BCUT2D eigenvalue weighted by atomic mass is 32.1. The normalized spacial score (nSPS) is 18.5. The van der Waals surface area contributed by atoms with Crippen LogP contribution in [0, 0.1) is 0 Å². The molecule has 1 aliphatic rings. The van der Waals surface area contributed by atoms with Crippen LogP contribution in [0.15, 0.2) is 41.9 Å². The van der Waals surface area contributed by atoms with Gasteiger partial charge in [0.05, 0.1) is 0 Å². The zero-order valence-corrected chi connectivity index (χ0v) is 12.0. The Labute approximate surface area is 118 Å². The Morgan fingerprint density at radius 1 is 1.11 bits per heavy atom. The summed E-state index contributed by atoms with van der Waals surface area (Å²) >= 11 is 1.73. The smallest absolute Gasteiger partial charge is 0.185 e. The fraction of sp³-hybridized carbons (Fsp3) is 0.400. The molecule has 2 aromatic rings. The highest BCUT2D eigenvalue weighted by Crippen LogP contribution is 2.24. The van der Waals surface area contributed by atoms with Crippen molar-refractivity contribution in [3.05, 3.63) is 47.5 Å². The van der Waals surface area contributed by atoms with Gasteiger partial charge in [-0.1, -0.05) is 30.3 Å². The first-order chi connectivity index (χ1) is 9.34. The lowest BCUT2D eigenvalue weighted by atomic mass is 10.1. The molecule has 0 radical (unpaired) electrons. The second-order valence-electron chi connectivity index (χ2n) is 4.92. The molecular weight excluding hydrogens is 254 g/mol. The molecular formula is C15H19N3S. The predicted molar refractivity (Wildman–Crippen MR) is 80.8 cm³/mol. The summed E-state index contributed by atoms with van der Waals surface area (Å²) in [7, 11) is 0. The highest BCUT2D eigenvalue weighted by molar-refractivity contribution is 7.13. The fourth-order valence-electron chi connectivity index (χ4n) is 2.61. The van der Waals surface area contributed by atoms with Crippen molar-refractivity contribution in [2.24, 2.45) is 0 Å². The summed E-state index contributed by atoms with van der Waals surface area (Å²) in [5, 5.41) is 3.21. The van der Waals surface area contributed by atoms with Gasteiger partial charge in [-0.2, -0.15) is 0 Å². The van der Waals surface area contributed by atoms with Crippen LogP contribution in [-0.4, -0.2) is 36.1 Å². The minimum absolute atomic E-state index is 0.500. The third-order valence-corrected chi connectivity index (χ3v) is 4.67. The van der Waals surface area contributed by atoms with Gasteiger partial charge in [-0.15, -0.1) is 11.3 Å². The lowest BCUT2D eigenvalue weighted by molar-refractivity contribution is 0.198. The first kappa shape index (κ1) is 12.6. The van der Waals surface area contributed by atoms with E-state index in [1.165, 1.54) is 5.56 Å². The lowest BCUT2D eigenvalue weighted by Gasteiger charge is -2.38. The number of rotatable bonds is 3. The minimum Gasteiger partial charge on any atom is -0.346 e. The number of nitrogens with zero attached hydrogens (tertiary/aromatic N) is 3. The van der Waals surface area contributed by atoms with Gasteiger partial charge in [0, 0.05) is 43.8 Å². The fourth-order valence-corrected chi connectivity index (χ4v) is 3.31. The van der Waals surface area contributed by atoms with Crippen LogP contribution in [0.4, 0.5) is 5.13 Å². The molecule has 0 amide bonds. The number of anilines is 1. The van der Waals surface area contributed by atoms with Crippen LogP contribution < -0.4 is 4.90 Å². The summed E-state index contributed by atoms with van der Waals surface area (Å²) in [6, 6.07) is 11.3. The molecule has 1 aliphatic heterocycles. The zero-order valence-electron chi connectivity index (χ0n) is 11.2. The van der Waals surface area contributed by atoms with E-state index in [0.29, 0.717) is 6.04 Å². The first-order valence-electron chi connectivity index (χ1n) is 6.78. The van der Waals surface area contributed by atoms with Crippen molar-refractivity contribution in [1.82, 2.24) is 9.88 Å². The minimum atomic E-state index is 0.500. The summed E-state index contributed by atoms with van der Waals surface area (Å²) in [5.41, 5.74) is 1.41. The predicted octanol–water partition coefficient (Wildman–Crippen LogP) is 3.03. The molecule has 0 aliphatic carbocycles. The molecule has 0 bridgehead atoms. The molecule has 1 saturated heterocycles. The highest BCUT2D eigenvalue weighted by Gasteiger charge is 2.22. The third-order valence-electron chi connectivity index (χ3n) is 3.83. The molecule has 0 saturated carbocycles. The molecule has 3 rings (SSSR count). The average Bonchev–Trinajstić information content (AvgIpc) is 3.02. The van der Waals surface area contributed by atoms with Gasteiger partial charge in [-0.05, 0) is 12.5 Å². The topological polar surface area (TPSA) is 19.4 Å². The van der Waals surface area contributed by atoms with Crippen LogP contribution in [0.5, 0.6) is 0 Å². The summed E-state index contributed by atoms with van der Waals surface area (Å²) in [4.78, 5) is 9.34. The van der Waals surface area contributed by atoms with Crippen LogP contribution in [0.3, 0.4) is 0 Å². The summed E-state index contributed by atoms with van der Waals surface area (Å²) < 4.78 is 0. The SMILES string of the molecule is C[C@H](c1ccccc1)N1CCN(c2nccs2)CC1. The van der Waals surface area contributed by atoms with Gasteiger partial charge in [0.2, 0.25) is 0 Å². The van der Waals surface area contributed by atoms with Crippen LogP contribution in [0.1, 0.15) is 18.5 Å². The molecule has 100 valence electrons. The van der Waals surface area contributed by atoms with Crippen LogP contribution >= 0.6 is 11.3 Å². The maximum absolute atomic E-state index is 4.39. The summed E-state index contributed by atoms with van der Waals surface area (Å²) in [5.74, 6) is 0. The number of hydrogen-bond donors (Lipinski definition) is 0. The van der Waals surface area contributed by atoms with E-state index in [-0.39, 0.29) is 0 Å². The van der Waals surface area contributed by atoms with Gasteiger partial charge in [-0.3, -0.25) is 4.90 Å². The Morgan fingerprint density at radius 3 is 2.47 bits per heavy atom. The Bertz CT molecular complexity index is 489. The molecule has 19 heavy (non-hydrogen) atoms. The van der Waals surface area contributed by atoms with E-state index in [2.05, 4.69) is 52.0 Å². The summed E-state index contributed by atoms with van der Waals surface area (Å²) in [6.45, 7) is 6.66. The largest absolute Gasteiger partial charge is 0.346 e. The molecule has 3 nitrogen and oxygen atoms in total. The van der Waals surface area contributed by atoms with E-state index < -0.39 is 0 Å².